The molecule has 2 aromatic rings. The van der Waals surface area contributed by atoms with E-state index in [1.807, 2.05) is 11.5 Å². The smallest absolute Gasteiger partial charge is 0.227 e. The Morgan fingerprint density at radius 1 is 1.44 bits per heavy atom. The van der Waals surface area contributed by atoms with Gasteiger partial charge in [0.2, 0.25) is 11.8 Å². The number of rotatable bonds is 5. The van der Waals surface area contributed by atoms with Gasteiger partial charge in [0.1, 0.15) is 12.1 Å². The Labute approximate surface area is 144 Å². The first kappa shape index (κ1) is 17.1. The molecule has 0 radical (unpaired) electrons. The average molecular weight is 345 g/mol. The molecule has 0 unspecified atom stereocenters. The molecular formula is C17H20FN5O2. The molecule has 1 aliphatic heterocycles. The van der Waals surface area contributed by atoms with Crippen molar-refractivity contribution in [2.45, 2.75) is 33.4 Å². The third-order valence-electron chi connectivity index (χ3n) is 4.42. The second-order valence-corrected chi connectivity index (χ2v) is 6.09. The van der Waals surface area contributed by atoms with Crippen LogP contribution in [0.25, 0.3) is 0 Å². The van der Waals surface area contributed by atoms with Crippen molar-refractivity contribution >= 4 is 17.5 Å². The largest absolute Gasteiger partial charge is 0.348 e. The average Bonchev–Trinajstić information content (AvgIpc) is 3.21. The predicted octanol–water partition coefficient (Wildman–Crippen LogP) is 1.41. The number of hydrogen-bond acceptors (Lipinski definition) is 4. The topological polar surface area (TPSA) is 80.1 Å². The minimum Gasteiger partial charge on any atom is -0.348 e. The van der Waals surface area contributed by atoms with E-state index >= 15 is 0 Å². The van der Waals surface area contributed by atoms with E-state index in [-0.39, 0.29) is 37.1 Å². The Morgan fingerprint density at radius 2 is 2.24 bits per heavy atom. The SMILES string of the molecule is CCn1cnnc1CNC(=O)[C@@H]1CC(=O)N(c2ccc(C)c(F)c2)C1. The molecule has 1 aromatic carbocycles. The summed E-state index contributed by atoms with van der Waals surface area (Å²) in [6, 6.07) is 4.65. The maximum Gasteiger partial charge on any atom is 0.227 e. The molecule has 1 saturated heterocycles. The molecular weight excluding hydrogens is 325 g/mol. The van der Waals surface area contributed by atoms with Crippen LogP contribution in [0.3, 0.4) is 0 Å². The van der Waals surface area contributed by atoms with Crippen molar-refractivity contribution < 1.29 is 14.0 Å². The van der Waals surface area contributed by atoms with E-state index < -0.39 is 5.92 Å². The van der Waals surface area contributed by atoms with E-state index in [4.69, 9.17) is 0 Å². The number of carbonyl (C=O) groups is 2. The van der Waals surface area contributed by atoms with Gasteiger partial charge in [-0.3, -0.25) is 9.59 Å². The standard InChI is InChI=1S/C17H20FN5O2/c1-3-22-10-20-21-15(22)8-19-17(25)12-6-16(24)23(9-12)13-5-4-11(2)14(18)7-13/h4-5,7,10,12H,3,6,8-9H2,1-2H3,(H,19,25)/t12-/m1/s1. The predicted molar refractivity (Wildman–Crippen MR) is 89.1 cm³/mol. The molecule has 2 amide bonds. The zero-order chi connectivity index (χ0) is 18.0. The Balaban J connectivity index is 1.63. The zero-order valence-corrected chi connectivity index (χ0v) is 14.2. The van der Waals surface area contributed by atoms with E-state index in [9.17, 15) is 14.0 Å². The molecule has 8 heteroatoms. The van der Waals surface area contributed by atoms with Crippen molar-refractivity contribution in [3.05, 3.63) is 41.7 Å². The van der Waals surface area contributed by atoms with Crippen LogP contribution in [0.2, 0.25) is 0 Å². The van der Waals surface area contributed by atoms with Gasteiger partial charge in [-0.05, 0) is 31.5 Å². The third kappa shape index (κ3) is 3.52. The van der Waals surface area contributed by atoms with Crippen molar-refractivity contribution in [1.29, 1.82) is 0 Å². The van der Waals surface area contributed by atoms with Crippen LogP contribution in [0.4, 0.5) is 10.1 Å². The number of anilines is 1. The molecule has 1 fully saturated rings. The number of carbonyl (C=O) groups excluding carboxylic acids is 2. The maximum atomic E-state index is 13.7. The van der Waals surface area contributed by atoms with Gasteiger partial charge in [0.05, 0.1) is 12.5 Å². The molecule has 1 atom stereocenters. The van der Waals surface area contributed by atoms with Crippen molar-refractivity contribution in [2.75, 3.05) is 11.4 Å². The fourth-order valence-corrected chi connectivity index (χ4v) is 2.87. The minimum absolute atomic E-state index is 0.113. The van der Waals surface area contributed by atoms with Crippen LogP contribution in [-0.2, 0) is 22.7 Å². The van der Waals surface area contributed by atoms with E-state index in [2.05, 4.69) is 15.5 Å². The Bertz CT molecular complexity index is 804. The van der Waals surface area contributed by atoms with Crippen LogP contribution in [0.1, 0.15) is 24.7 Å². The lowest BCUT2D eigenvalue weighted by Crippen LogP contribution is -2.33. The number of halogens is 1. The minimum atomic E-state index is -0.463. The summed E-state index contributed by atoms with van der Waals surface area (Å²) in [6.07, 6.45) is 1.72. The van der Waals surface area contributed by atoms with E-state index in [1.54, 1.807) is 25.4 Å². The summed E-state index contributed by atoms with van der Waals surface area (Å²) in [7, 11) is 0. The van der Waals surface area contributed by atoms with Gasteiger partial charge in [-0.1, -0.05) is 6.07 Å². The van der Waals surface area contributed by atoms with Crippen LogP contribution < -0.4 is 10.2 Å². The lowest BCUT2D eigenvalue weighted by Gasteiger charge is -2.17. The maximum absolute atomic E-state index is 13.7. The number of nitrogens with zero attached hydrogens (tertiary/aromatic N) is 4. The highest BCUT2D eigenvalue weighted by molar-refractivity contribution is 6.00. The summed E-state index contributed by atoms with van der Waals surface area (Å²) in [5, 5.41) is 10.6. The quantitative estimate of drug-likeness (QED) is 0.889. The molecule has 0 saturated carbocycles. The first-order chi connectivity index (χ1) is 12.0. The molecule has 132 valence electrons. The Hall–Kier alpha value is -2.77. The van der Waals surface area contributed by atoms with Crippen molar-refractivity contribution in [3.63, 3.8) is 0 Å². The molecule has 0 aliphatic carbocycles. The number of aromatic nitrogens is 3. The summed E-state index contributed by atoms with van der Waals surface area (Å²) in [5.41, 5.74) is 0.999. The van der Waals surface area contributed by atoms with Crippen LogP contribution in [0.15, 0.2) is 24.5 Å². The number of aryl methyl sites for hydroxylation is 2. The fourth-order valence-electron chi connectivity index (χ4n) is 2.87. The monoisotopic (exact) mass is 345 g/mol. The van der Waals surface area contributed by atoms with Gasteiger partial charge in [0.25, 0.3) is 0 Å². The summed E-state index contributed by atoms with van der Waals surface area (Å²) < 4.78 is 15.6. The van der Waals surface area contributed by atoms with Crippen LogP contribution in [-0.4, -0.2) is 33.1 Å². The number of hydrogen-bond donors (Lipinski definition) is 1. The van der Waals surface area contributed by atoms with Gasteiger partial charge in [0, 0.05) is 25.2 Å². The molecule has 3 rings (SSSR count). The first-order valence-corrected chi connectivity index (χ1v) is 8.20. The van der Waals surface area contributed by atoms with Gasteiger partial charge in [-0.15, -0.1) is 10.2 Å². The Morgan fingerprint density at radius 3 is 2.96 bits per heavy atom. The van der Waals surface area contributed by atoms with E-state index in [1.165, 1.54) is 11.0 Å². The van der Waals surface area contributed by atoms with Gasteiger partial charge in [-0.2, -0.15) is 0 Å². The lowest BCUT2D eigenvalue weighted by atomic mass is 10.1. The van der Waals surface area contributed by atoms with Gasteiger partial charge < -0.3 is 14.8 Å². The molecule has 0 spiro atoms. The summed E-state index contributed by atoms with van der Waals surface area (Å²) in [6.45, 7) is 4.84. The lowest BCUT2D eigenvalue weighted by molar-refractivity contribution is -0.126. The normalized spacial score (nSPS) is 17.2. The summed E-state index contributed by atoms with van der Waals surface area (Å²) in [5.74, 6) is -0.557. The second kappa shape index (κ2) is 7.00. The van der Waals surface area contributed by atoms with Crippen molar-refractivity contribution in [2.24, 2.45) is 5.92 Å². The highest BCUT2D eigenvalue weighted by Crippen LogP contribution is 2.26. The van der Waals surface area contributed by atoms with Crippen LogP contribution in [0.5, 0.6) is 0 Å². The highest BCUT2D eigenvalue weighted by Gasteiger charge is 2.35. The van der Waals surface area contributed by atoms with E-state index in [0.717, 1.165) is 0 Å². The number of benzene rings is 1. The van der Waals surface area contributed by atoms with Gasteiger partial charge >= 0.3 is 0 Å². The number of nitrogens with one attached hydrogen (secondary N) is 1. The van der Waals surface area contributed by atoms with Crippen molar-refractivity contribution in [3.8, 4) is 0 Å². The molecule has 1 aromatic heterocycles. The van der Waals surface area contributed by atoms with Gasteiger partial charge in [-0.25, -0.2) is 4.39 Å². The molecule has 2 heterocycles. The highest BCUT2D eigenvalue weighted by atomic mass is 19.1. The molecule has 7 nitrogen and oxygen atoms in total. The fraction of sp³-hybridized carbons (Fsp3) is 0.412. The van der Waals surface area contributed by atoms with Crippen LogP contribution in [0, 0.1) is 18.7 Å². The van der Waals surface area contributed by atoms with Crippen LogP contribution >= 0.6 is 0 Å². The summed E-state index contributed by atoms with van der Waals surface area (Å²) in [4.78, 5) is 26.0. The second-order valence-electron chi connectivity index (χ2n) is 6.09. The summed E-state index contributed by atoms with van der Waals surface area (Å²) >= 11 is 0. The third-order valence-corrected chi connectivity index (χ3v) is 4.42. The van der Waals surface area contributed by atoms with Gasteiger partial charge in [0.15, 0.2) is 5.82 Å². The molecule has 25 heavy (non-hydrogen) atoms. The Kier molecular flexibility index (Phi) is 4.78. The molecule has 0 bridgehead atoms. The molecule has 1 N–H and O–H groups in total. The molecule has 1 aliphatic rings. The first-order valence-electron chi connectivity index (χ1n) is 8.20. The van der Waals surface area contributed by atoms with E-state index in [0.29, 0.717) is 23.6 Å². The van der Waals surface area contributed by atoms with Crippen molar-refractivity contribution in [1.82, 2.24) is 20.1 Å². The zero-order valence-electron chi connectivity index (χ0n) is 14.2. The number of amides is 2.